The number of rotatable bonds is 3. The van der Waals surface area contributed by atoms with E-state index in [9.17, 15) is 4.79 Å². The van der Waals surface area contributed by atoms with E-state index in [1.807, 2.05) is 19.1 Å². The maximum Gasteiger partial charge on any atom is 0.271 e. The van der Waals surface area contributed by atoms with Crippen molar-refractivity contribution in [3.63, 3.8) is 0 Å². The predicted molar refractivity (Wildman–Crippen MR) is 66.6 cm³/mol. The number of amides is 1. The van der Waals surface area contributed by atoms with Crippen LogP contribution < -0.4 is 11.1 Å². The molecule has 2 aromatic rings. The van der Waals surface area contributed by atoms with Crippen LogP contribution in [0, 0.1) is 0 Å². The summed E-state index contributed by atoms with van der Waals surface area (Å²) >= 11 is 1.25. The molecule has 0 saturated carbocycles. The van der Waals surface area contributed by atoms with Crippen molar-refractivity contribution in [2.24, 2.45) is 0 Å². The molecule has 0 unspecified atom stereocenters. The van der Waals surface area contributed by atoms with Gasteiger partial charge >= 0.3 is 0 Å². The minimum atomic E-state index is -0.220. The zero-order valence-corrected chi connectivity index (χ0v) is 10.1. The highest BCUT2D eigenvalue weighted by Crippen LogP contribution is 2.14. The topological polar surface area (TPSA) is 80.9 Å². The molecular weight excluding hydrogens is 236 g/mol. The number of aromatic nitrogens is 2. The highest BCUT2D eigenvalue weighted by molar-refractivity contribution is 7.13. The van der Waals surface area contributed by atoms with Crippen molar-refractivity contribution in [3.8, 4) is 0 Å². The van der Waals surface area contributed by atoms with Crippen LogP contribution in [-0.4, -0.2) is 15.9 Å². The number of carbonyl (C=O) groups excluding carboxylic acids is 1. The van der Waals surface area contributed by atoms with Crippen molar-refractivity contribution < 1.29 is 4.79 Å². The lowest BCUT2D eigenvalue weighted by Gasteiger charge is -2.12. The first-order valence-corrected chi connectivity index (χ1v) is 5.96. The van der Waals surface area contributed by atoms with Gasteiger partial charge in [0.05, 0.1) is 6.04 Å². The number of thiazole rings is 1. The molecule has 0 aliphatic rings. The molecule has 2 heterocycles. The first-order valence-electron chi connectivity index (χ1n) is 5.08. The van der Waals surface area contributed by atoms with Gasteiger partial charge in [-0.25, -0.2) is 4.98 Å². The minimum absolute atomic E-state index is 0.0894. The number of hydrogen-bond donors (Lipinski definition) is 2. The summed E-state index contributed by atoms with van der Waals surface area (Å²) in [6, 6.07) is 3.63. The molecule has 17 heavy (non-hydrogen) atoms. The highest BCUT2D eigenvalue weighted by Gasteiger charge is 2.13. The number of carbonyl (C=O) groups is 1. The molecule has 0 aliphatic carbocycles. The molecule has 88 valence electrons. The summed E-state index contributed by atoms with van der Waals surface area (Å²) in [4.78, 5) is 19.7. The van der Waals surface area contributed by atoms with Gasteiger partial charge in [-0.1, -0.05) is 0 Å². The molecule has 0 saturated heterocycles. The summed E-state index contributed by atoms with van der Waals surface area (Å²) in [6.45, 7) is 1.91. The average molecular weight is 248 g/mol. The second-order valence-corrected chi connectivity index (χ2v) is 4.44. The number of hydrogen-bond acceptors (Lipinski definition) is 5. The van der Waals surface area contributed by atoms with E-state index in [1.165, 1.54) is 11.3 Å². The van der Waals surface area contributed by atoms with E-state index >= 15 is 0 Å². The van der Waals surface area contributed by atoms with Gasteiger partial charge in [-0.05, 0) is 24.6 Å². The number of nitrogen functional groups attached to an aromatic ring is 1. The predicted octanol–water partition coefficient (Wildman–Crippen LogP) is 1.61. The zero-order valence-electron chi connectivity index (χ0n) is 9.25. The first-order chi connectivity index (χ1) is 8.16. The van der Waals surface area contributed by atoms with Gasteiger partial charge in [0, 0.05) is 17.8 Å². The third kappa shape index (κ3) is 2.79. The lowest BCUT2D eigenvalue weighted by atomic mass is 10.1. The Morgan fingerprint density at radius 2 is 2.18 bits per heavy atom. The van der Waals surface area contributed by atoms with Crippen molar-refractivity contribution in [2.75, 3.05) is 5.73 Å². The number of pyridine rings is 1. The first kappa shape index (κ1) is 11.5. The second-order valence-electron chi connectivity index (χ2n) is 3.55. The van der Waals surface area contributed by atoms with E-state index < -0.39 is 0 Å². The van der Waals surface area contributed by atoms with Gasteiger partial charge < -0.3 is 11.1 Å². The van der Waals surface area contributed by atoms with E-state index in [-0.39, 0.29) is 11.9 Å². The molecule has 1 amide bonds. The molecule has 0 fully saturated rings. The van der Waals surface area contributed by atoms with Crippen molar-refractivity contribution in [1.29, 1.82) is 0 Å². The zero-order chi connectivity index (χ0) is 12.3. The Bertz CT molecular complexity index is 511. The van der Waals surface area contributed by atoms with E-state index in [2.05, 4.69) is 15.3 Å². The quantitative estimate of drug-likeness (QED) is 0.864. The summed E-state index contributed by atoms with van der Waals surface area (Å²) in [5.74, 6) is -0.220. The van der Waals surface area contributed by atoms with Gasteiger partial charge in [0.25, 0.3) is 5.91 Å². The van der Waals surface area contributed by atoms with Crippen LogP contribution in [0.25, 0.3) is 0 Å². The average Bonchev–Trinajstić information content (AvgIpc) is 2.77. The van der Waals surface area contributed by atoms with Crippen LogP contribution in [0.3, 0.4) is 0 Å². The van der Waals surface area contributed by atoms with Crippen LogP contribution in [0.4, 0.5) is 5.13 Å². The molecule has 0 spiro atoms. The van der Waals surface area contributed by atoms with Crippen LogP contribution in [0.2, 0.25) is 0 Å². The maximum atomic E-state index is 11.8. The fourth-order valence-corrected chi connectivity index (χ4v) is 1.94. The van der Waals surface area contributed by atoms with Crippen LogP contribution >= 0.6 is 11.3 Å². The van der Waals surface area contributed by atoms with Crippen molar-refractivity contribution in [3.05, 3.63) is 41.2 Å². The van der Waals surface area contributed by atoms with Crippen molar-refractivity contribution >= 4 is 22.4 Å². The van der Waals surface area contributed by atoms with E-state index in [1.54, 1.807) is 17.8 Å². The van der Waals surface area contributed by atoms with Gasteiger partial charge in [-0.3, -0.25) is 9.78 Å². The van der Waals surface area contributed by atoms with Crippen LogP contribution in [0.15, 0.2) is 29.9 Å². The molecular formula is C11H12N4OS. The van der Waals surface area contributed by atoms with E-state index in [0.29, 0.717) is 10.8 Å². The highest BCUT2D eigenvalue weighted by atomic mass is 32.1. The normalized spacial score (nSPS) is 12.1. The Balaban J connectivity index is 2.04. The number of anilines is 1. The molecule has 5 nitrogen and oxygen atoms in total. The third-order valence-electron chi connectivity index (χ3n) is 2.31. The number of nitrogens with two attached hydrogens (primary N) is 1. The minimum Gasteiger partial charge on any atom is -0.375 e. The third-order valence-corrected chi connectivity index (χ3v) is 2.98. The van der Waals surface area contributed by atoms with Gasteiger partial charge in [0.15, 0.2) is 5.13 Å². The summed E-state index contributed by atoms with van der Waals surface area (Å²) in [5.41, 5.74) is 6.83. The van der Waals surface area contributed by atoms with Crippen LogP contribution in [-0.2, 0) is 0 Å². The summed E-state index contributed by atoms with van der Waals surface area (Å²) < 4.78 is 0. The molecule has 0 aromatic carbocycles. The summed E-state index contributed by atoms with van der Waals surface area (Å²) in [5, 5.41) is 4.89. The smallest absolute Gasteiger partial charge is 0.271 e. The Hall–Kier alpha value is -1.95. The molecule has 0 radical (unpaired) electrons. The monoisotopic (exact) mass is 248 g/mol. The van der Waals surface area contributed by atoms with Crippen molar-refractivity contribution in [1.82, 2.24) is 15.3 Å². The van der Waals surface area contributed by atoms with Gasteiger partial charge in [-0.2, -0.15) is 0 Å². The standard InChI is InChI=1S/C11H12N4OS/c1-7(8-2-4-13-5-3-8)14-10(16)9-6-17-11(12)15-9/h2-7H,1H3,(H2,12,15)(H,14,16)/t7-/m1/s1. The molecule has 1 atom stereocenters. The SMILES string of the molecule is C[C@@H](NC(=O)c1csc(N)n1)c1ccncc1. The molecule has 0 bridgehead atoms. The lowest BCUT2D eigenvalue weighted by molar-refractivity contribution is 0.0935. The fraction of sp³-hybridized carbons (Fsp3) is 0.182. The van der Waals surface area contributed by atoms with Crippen LogP contribution in [0.1, 0.15) is 29.0 Å². The van der Waals surface area contributed by atoms with Gasteiger partial charge in [0.1, 0.15) is 5.69 Å². The Kier molecular flexibility index (Phi) is 3.34. The van der Waals surface area contributed by atoms with E-state index in [0.717, 1.165) is 5.56 Å². The molecule has 2 aromatic heterocycles. The number of nitrogens with one attached hydrogen (secondary N) is 1. The molecule has 0 aliphatic heterocycles. The number of nitrogens with zero attached hydrogens (tertiary/aromatic N) is 2. The van der Waals surface area contributed by atoms with Crippen LogP contribution in [0.5, 0.6) is 0 Å². The molecule has 6 heteroatoms. The second kappa shape index (κ2) is 4.92. The molecule has 3 N–H and O–H groups in total. The summed E-state index contributed by atoms with van der Waals surface area (Å²) in [6.07, 6.45) is 3.39. The van der Waals surface area contributed by atoms with Gasteiger partial charge in [0.2, 0.25) is 0 Å². The summed E-state index contributed by atoms with van der Waals surface area (Å²) in [7, 11) is 0. The Labute approximate surface area is 103 Å². The van der Waals surface area contributed by atoms with E-state index in [4.69, 9.17) is 5.73 Å². The lowest BCUT2D eigenvalue weighted by Crippen LogP contribution is -2.26. The Morgan fingerprint density at radius 1 is 1.47 bits per heavy atom. The Morgan fingerprint density at radius 3 is 2.76 bits per heavy atom. The largest absolute Gasteiger partial charge is 0.375 e. The molecule has 2 rings (SSSR count). The fourth-order valence-electron chi connectivity index (χ4n) is 1.40. The van der Waals surface area contributed by atoms with Crippen molar-refractivity contribution in [2.45, 2.75) is 13.0 Å². The van der Waals surface area contributed by atoms with Gasteiger partial charge in [-0.15, -0.1) is 11.3 Å². The maximum absolute atomic E-state index is 11.8.